The fourth-order valence-electron chi connectivity index (χ4n) is 20.8. The van der Waals surface area contributed by atoms with E-state index >= 15 is 0 Å². The van der Waals surface area contributed by atoms with Gasteiger partial charge in [0, 0.05) is 11.1 Å². The van der Waals surface area contributed by atoms with Gasteiger partial charge in [-0.15, -0.1) is 0 Å². The molecule has 18 rings (SSSR count). The van der Waals surface area contributed by atoms with Gasteiger partial charge in [-0.3, -0.25) is 27.9 Å². The molecule has 6 N–H and O–H groups in total. The molecule has 16 heterocycles. The summed E-state index contributed by atoms with van der Waals surface area (Å²) in [6, 6.07) is 26.9. The number of carbonyl (C=O) groups excluding carboxylic acids is 2. The van der Waals surface area contributed by atoms with Crippen molar-refractivity contribution in [3.63, 3.8) is 0 Å². The van der Waals surface area contributed by atoms with Crippen molar-refractivity contribution in [2.45, 2.75) is 351 Å². The summed E-state index contributed by atoms with van der Waals surface area (Å²) in [6.45, 7) is 41.0. The zero-order chi connectivity index (χ0) is 97.5. The molecule has 8 aliphatic heterocycles. The maximum atomic E-state index is 14.6. The number of hydrogen-bond donors (Lipinski definition) is 4. The third-order valence-electron chi connectivity index (χ3n) is 29.0. The summed E-state index contributed by atoms with van der Waals surface area (Å²) in [5.74, 6) is 17.0. The predicted octanol–water partition coefficient (Wildman–Crippen LogP) is 13.9. The number of rotatable bonds is 32. The Kier molecular flexibility index (Phi) is 27.7. The quantitative estimate of drug-likeness (QED) is 0.0225. The number of benzene rings is 2. The lowest BCUT2D eigenvalue weighted by atomic mass is 10.1. The number of ether oxygens (including phenoxy) is 12. The summed E-state index contributed by atoms with van der Waals surface area (Å²) < 4.78 is 123. The molecule has 0 saturated carbocycles. The van der Waals surface area contributed by atoms with Gasteiger partial charge in [-0.25, -0.2) is 59.8 Å². The molecule has 10 aromatic rings. The molecule has 8 saturated heterocycles. The third kappa shape index (κ3) is 18.4. The molecule has 734 valence electrons. The second kappa shape index (κ2) is 38.8. The molecule has 19 atom stereocenters. The summed E-state index contributed by atoms with van der Waals surface area (Å²) in [5.41, 5.74) is 16.3. The second-order valence-corrected chi connectivity index (χ2v) is 57.3. The van der Waals surface area contributed by atoms with Crippen LogP contribution in [0.2, 0.25) is 72.5 Å². The molecule has 0 aliphatic carbocycles. The van der Waals surface area contributed by atoms with E-state index in [1.165, 1.54) is 25.3 Å². The molecular weight excluding hydrogens is 1830 g/mol. The average Bonchev–Trinajstić information content (AvgIpc) is 1.55. The van der Waals surface area contributed by atoms with E-state index in [0.29, 0.717) is 64.2 Å². The number of imidazole rings is 4. The van der Waals surface area contributed by atoms with Crippen LogP contribution in [0.1, 0.15) is 202 Å². The number of nitrogen functional groups attached to an aromatic ring is 2. The Morgan fingerprint density at radius 2 is 0.688 bits per heavy atom. The number of aromatic nitrogens is 16. The molecule has 42 heteroatoms. The Balaban J connectivity index is 0.767. The highest BCUT2D eigenvalue weighted by Crippen LogP contribution is 2.52. The zero-order valence-corrected chi connectivity index (χ0v) is 86.0. The maximum absolute atomic E-state index is 14.6. The lowest BCUT2D eigenvalue weighted by Crippen LogP contribution is -2.47. The molecule has 0 spiro atoms. The minimum Gasteiger partial charge on any atom is -0.414 e. The molecular formula is C96H126N20O18Si4. The summed E-state index contributed by atoms with van der Waals surface area (Å²) in [6.07, 6.45) is -10.2. The smallest absolute Gasteiger partial charge is 0.256 e. The largest absolute Gasteiger partial charge is 0.414 e. The van der Waals surface area contributed by atoms with Crippen LogP contribution in [-0.2, 0) is 74.5 Å². The van der Waals surface area contributed by atoms with E-state index in [-0.39, 0.29) is 75.2 Å². The highest BCUT2D eigenvalue weighted by molar-refractivity contribution is 6.75. The van der Waals surface area contributed by atoms with Gasteiger partial charge in [0.15, 0.2) is 161 Å². The first kappa shape index (κ1) is 98.3. The first-order valence-electron chi connectivity index (χ1n) is 48.6. The van der Waals surface area contributed by atoms with Gasteiger partial charge in [-0.2, -0.15) is 0 Å². The van der Waals surface area contributed by atoms with Crippen LogP contribution in [-0.4, -0.2) is 244 Å². The van der Waals surface area contributed by atoms with Gasteiger partial charge in [0.05, 0.1) is 12.9 Å². The number of anilines is 4. The minimum atomic E-state index is -2.81. The van der Waals surface area contributed by atoms with Crippen LogP contribution in [0, 0.1) is 35.5 Å². The van der Waals surface area contributed by atoms with Crippen molar-refractivity contribution < 1.29 is 84.1 Å². The van der Waals surface area contributed by atoms with Gasteiger partial charge in [0.1, 0.15) is 122 Å². The number of nitrogens with one attached hydrogen (secondary N) is 2. The normalized spacial score (nSPS) is 26.8. The van der Waals surface area contributed by atoms with Crippen molar-refractivity contribution in [2.24, 2.45) is 0 Å². The molecule has 38 nitrogen and oxygen atoms in total. The summed E-state index contributed by atoms with van der Waals surface area (Å²) >= 11 is 0. The molecule has 0 unspecified atom stereocenters. The van der Waals surface area contributed by atoms with E-state index in [1.54, 1.807) is 73.1 Å². The average molecular weight is 1960 g/mol. The molecule has 8 fully saturated rings. The predicted molar refractivity (Wildman–Crippen MR) is 520 cm³/mol. The highest BCUT2D eigenvalue weighted by Gasteiger charge is 2.64. The monoisotopic (exact) mass is 1960 g/mol. The summed E-state index contributed by atoms with van der Waals surface area (Å²) in [7, 11) is -10.4. The number of fused-ring (bicyclic) bond motifs is 8. The van der Waals surface area contributed by atoms with E-state index in [9.17, 15) is 9.59 Å². The van der Waals surface area contributed by atoms with Crippen molar-refractivity contribution in [3.05, 3.63) is 121 Å². The molecule has 0 bridgehead atoms. The fraction of sp³-hybridized carbons (Fsp3) is 0.583. The Labute approximate surface area is 806 Å². The number of carbonyl (C=O) groups is 2. The standard InChI is InChI=1S/C96H126N20O18Si4/c1-21-135(22-2,23-3)119-49-60-71-75(128-93(13,14)124-71)90(120-60)115-62(109-66-81(101-52-105-85(66)115)111-87(117)55-39-35-33-36-40-55)47-44-58(133-137(27-7,28-8)29-9)70-74-78(131-96(19,20)127-74)92(123-70)116-63(110-67-82(102-53-106-86(67)116)112-88(118)56-41-37-34-38-42-56)48-45-59(134-138(30-10,31-11)32-12)69-73-77(130-95(17,18)126-73)91(122-69)114-61(108-65-80(98)100-51-104-84(65)114)46-43-57(132-136(24-4,25-5)26-6)68-72-76(129-94(15,16)125-72)89(121-68)113-54-107-64-79(97)99-50-103-83(64)113/h33-42,50-54,57-60,68-78,89-92H,21-32,49H2,1-20H3,(H2,97,99,103)(H2,98,100,104)(H,101,105,111,117)(H,102,106,112,118)/t57-,58-,59-,60-,68-,69-,70-,71-,72-,73-,74-,75-,76-,77-,78-,89-,90-,91-,92-/m1/s1. The van der Waals surface area contributed by atoms with E-state index in [4.69, 9.17) is 121 Å². The van der Waals surface area contributed by atoms with Crippen molar-refractivity contribution in [1.82, 2.24) is 78.1 Å². The van der Waals surface area contributed by atoms with E-state index < -0.39 is 185 Å². The lowest BCUT2D eigenvalue weighted by molar-refractivity contribution is -0.203. The number of hydrogen-bond acceptors (Lipinski definition) is 32. The van der Waals surface area contributed by atoms with Gasteiger partial charge < -0.3 is 96.6 Å². The molecule has 8 aliphatic rings. The topological polar surface area (TPSA) is 432 Å². The van der Waals surface area contributed by atoms with Crippen molar-refractivity contribution in [1.29, 1.82) is 0 Å². The van der Waals surface area contributed by atoms with Crippen LogP contribution in [0.3, 0.4) is 0 Å². The first-order chi connectivity index (χ1) is 66.2. The van der Waals surface area contributed by atoms with Crippen molar-refractivity contribution >= 4 is 113 Å². The van der Waals surface area contributed by atoms with Crippen LogP contribution in [0.25, 0.3) is 44.7 Å². The zero-order valence-electron chi connectivity index (χ0n) is 82.0. The van der Waals surface area contributed by atoms with Crippen LogP contribution in [0.4, 0.5) is 23.3 Å². The van der Waals surface area contributed by atoms with Crippen molar-refractivity contribution in [3.8, 4) is 35.5 Å². The lowest BCUT2D eigenvalue weighted by Gasteiger charge is -2.35. The van der Waals surface area contributed by atoms with Gasteiger partial charge in [0.2, 0.25) is 0 Å². The third-order valence-corrected chi connectivity index (χ3v) is 47.5. The Hall–Kier alpha value is -9.91. The van der Waals surface area contributed by atoms with Crippen LogP contribution in [0.5, 0.6) is 0 Å². The molecule has 0 radical (unpaired) electrons. The summed E-state index contributed by atoms with van der Waals surface area (Å²) in [4.78, 5) is 86.8. The highest BCUT2D eigenvalue weighted by atomic mass is 28.4. The van der Waals surface area contributed by atoms with Gasteiger partial charge in [0.25, 0.3) is 11.8 Å². The molecule has 2 amide bonds. The van der Waals surface area contributed by atoms with Gasteiger partial charge >= 0.3 is 0 Å². The molecule has 8 aromatic heterocycles. The van der Waals surface area contributed by atoms with Crippen LogP contribution >= 0.6 is 0 Å². The number of nitrogens with two attached hydrogens (primary N) is 2. The Bertz CT molecular complexity index is 6330. The fourth-order valence-corrected chi connectivity index (χ4v) is 31.6. The SMILES string of the molecule is CC[Si](CC)(CC)OC[C@H]1O[C@@H](n2c(C#C[C@@H](O[Si](CC)(CC)CC)[C@H]3O[C@@H](n4c(C#C[C@@H](O[Si](CC)(CC)CC)[C@H]5O[C@@H](n6c(C#C[C@@H](O[Si](CC)(CC)CC)[C@H]7O[C@@H](n8cnc9c(N)ncnc98)[C@@H]8OC(C)(C)O[C@@H]87)nc7c(N)ncnc76)[C@@H]6OC(C)(C)O[C@@H]65)nc5c(NC(=O)c6ccccc6)ncnc54)[C@@H]4OC(C)(C)O[C@@H]43)nc3c(NC(=O)c4ccccc4)ncnc32)[C@@H]2OC(C)(C)O[C@@H]21. The van der Waals surface area contributed by atoms with E-state index in [2.05, 4.69) is 154 Å². The summed E-state index contributed by atoms with van der Waals surface area (Å²) in [5, 5.41) is 6.07. The first-order valence-corrected chi connectivity index (χ1v) is 58.7. The van der Waals surface area contributed by atoms with Crippen molar-refractivity contribution in [2.75, 3.05) is 28.7 Å². The maximum Gasteiger partial charge on any atom is 0.256 e. The molecule has 138 heavy (non-hydrogen) atoms. The second-order valence-electron chi connectivity index (χ2n) is 38.4. The molecule has 2 aromatic carbocycles. The number of amides is 2. The Morgan fingerprint density at radius 3 is 1.07 bits per heavy atom. The Morgan fingerprint density at radius 1 is 0.377 bits per heavy atom. The van der Waals surface area contributed by atoms with E-state index in [0.717, 1.165) is 36.3 Å². The van der Waals surface area contributed by atoms with Gasteiger partial charge in [-0.1, -0.05) is 137 Å². The van der Waals surface area contributed by atoms with Crippen LogP contribution in [0.15, 0.2) is 92.3 Å². The number of nitrogens with zero attached hydrogens (tertiary/aromatic N) is 16. The minimum absolute atomic E-state index is 0.0748. The van der Waals surface area contributed by atoms with E-state index in [1.807, 2.05) is 67.5 Å². The van der Waals surface area contributed by atoms with Crippen LogP contribution < -0.4 is 22.1 Å². The van der Waals surface area contributed by atoms with Gasteiger partial charge in [-0.05, 0) is 170 Å².